The topological polar surface area (TPSA) is 63.0 Å². The van der Waals surface area contributed by atoms with Gasteiger partial charge in [0.15, 0.2) is 4.80 Å². The monoisotopic (exact) mass is 354 g/mol. The van der Waals surface area contributed by atoms with Crippen LogP contribution in [0.3, 0.4) is 0 Å². The van der Waals surface area contributed by atoms with E-state index in [1.807, 2.05) is 40.4 Å². The van der Waals surface area contributed by atoms with Crippen LogP contribution in [-0.4, -0.2) is 20.4 Å². The van der Waals surface area contributed by atoms with Crippen molar-refractivity contribution in [3.05, 3.63) is 75.8 Å². The third-order valence-corrected chi connectivity index (χ3v) is 4.55. The maximum absolute atomic E-state index is 12.6. The molecule has 0 saturated carbocycles. The van der Waals surface area contributed by atoms with Crippen LogP contribution in [0.2, 0.25) is 5.02 Å². The molecule has 118 valence electrons. The van der Waals surface area contributed by atoms with E-state index in [1.165, 1.54) is 11.3 Å². The molecule has 0 saturated heterocycles. The number of aromatic amines is 1. The number of amides is 1. The van der Waals surface area contributed by atoms with E-state index in [1.54, 1.807) is 24.5 Å². The molecule has 0 aliphatic rings. The molecule has 0 bridgehead atoms. The van der Waals surface area contributed by atoms with Gasteiger partial charge in [-0.15, -0.1) is 11.3 Å². The van der Waals surface area contributed by atoms with Crippen LogP contribution in [0.25, 0.3) is 16.7 Å². The first-order valence-electron chi connectivity index (χ1n) is 7.15. The fourth-order valence-electron chi connectivity index (χ4n) is 2.46. The Hall–Kier alpha value is -2.70. The Morgan fingerprint density at radius 1 is 1.29 bits per heavy atom. The molecule has 0 unspecified atom stereocenters. The number of nitrogens with zero attached hydrogens (tertiary/aromatic N) is 3. The lowest BCUT2D eigenvalue weighted by molar-refractivity contribution is 0.0999. The molecule has 3 heterocycles. The van der Waals surface area contributed by atoms with Crippen molar-refractivity contribution in [2.75, 3.05) is 0 Å². The standard InChI is InChI=1S/C17H11ClN4OS/c18-11-3-1-4-12(9-11)22-7-8-24-17(22)21-16(23)14-10-20-15-13(14)5-2-6-19-15/h1-10H,(H,19,20)/b21-17-. The summed E-state index contributed by atoms with van der Waals surface area (Å²) in [5.74, 6) is -0.313. The summed E-state index contributed by atoms with van der Waals surface area (Å²) in [6, 6.07) is 11.1. The number of nitrogens with one attached hydrogen (secondary N) is 1. The van der Waals surface area contributed by atoms with Crippen LogP contribution >= 0.6 is 22.9 Å². The van der Waals surface area contributed by atoms with Gasteiger partial charge in [0.2, 0.25) is 0 Å². The maximum atomic E-state index is 12.6. The van der Waals surface area contributed by atoms with Gasteiger partial charge in [0.1, 0.15) is 5.65 Å². The Balaban J connectivity index is 1.80. The average Bonchev–Trinajstić information content (AvgIpc) is 3.21. The van der Waals surface area contributed by atoms with E-state index in [-0.39, 0.29) is 5.91 Å². The van der Waals surface area contributed by atoms with E-state index < -0.39 is 0 Å². The number of H-pyrrole nitrogens is 1. The molecule has 7 heteroatoms. The molecule has 5 nitrogen and oxygen atoms in total. The number of fused-ring (bicyclic) bond motifs is 1. The Morgan fingerprint density at radius 3 is 3.08 bits per heavy atom. The lowest BCUT2D eigenvalue weighted by Gasteiger charge is -2.02. The summed E-state index contributed by atoms with van der Waals surface area (Å²) in [6.07, 6.45) is 5.18. The molecule has 0 atom stereocenters. The quantitative estimate of drug-likeness (QED) is 0.595. The molecule has 0 spiro atoms. The minimum absolute atomic E-state index is 0.313. The van der Waals surface area contributed by atoms with Crippen LogP contribution in [0, 0.1) is 0 Å². The first-order chi connectivity index (χ1) is 11.7. The number of thiazole rings is 1. The van der Waals surface area contributed by atoms with Crippen molar-refractivity contribution in [1.82, 2.24) is 14.5 Å². The first-order valence-corrected chi connectivity index (χ1v) is 8.41. The van der Waals surface area contributed by atoms with E-state index in [0.29, 0.717) is 21.0 Å². The van der Waals surface area contributed by atoms with Crippen LogP contribution in [0.5, 0.6) is 0 Å². The van der Waals surface area contributed by atoms with Crippen LogP contribution in [-0.2, 0) is 0 Å². The number of hydrogen-bond acceptors (Lipinski definition) is 3. The lowest BCUT2D eigenvalue weighted by Crippen LogP contribution is -2.14. The van der Waals surface area contributed by atoms with Gasteiger partial charge in [-0.1, -0.05) is 17.7 Å². The molecule has 1 N–H and O–H groups in total. The first kappa shape index (κ1) is 14.9. The van der Waals surface area contributed by atoms with E-state index in [0.717, 1.165) is 11.1 Å². The molecule has 4 aromatic rings. The Labute approximate surface area is 145 Å². The zero-order valence-corrected chi connectivity index (χ0v) is 13.9. The second kappa shape index (κ2) is 6.07. The average molecular weight is 355 g/mol. The van der Waals surface area contributed by atoms with Crippen molar-refractivity contribution in [2.45, 2.75) is 0 Å². The Kier molecular flexibility index (Phi) is 3.76. The van der Waals surface area contributed by atoms with E-state index in [2.05, 4.69) is 15.0 Å². The van der Waals surface area contributed by atoms with Crippen molar-refractivity contribution < 1.29 is 4.79 Å². The number of benzene rings is 1. The molecular weight excluding hydrogens is 344 g/mol. The van der Waals surface area contributed by atoms with Gasteiger partial charge in [-0.2, -0.15) is 4.99 Å². The molecule has 4 rings (SSSR count). The molecule has 1 amide bonds. The summed E-state index contributed by atoms with van der Waals surface area (Å²) in [5.41, 5.74) is 2.03. The number of carbonyl (C=O) groups excluding carboxylic acids is 1. The summed E-state index contributed by atoms with van der Waals surface area (Å²) < 4.78 is 1.83. The maximum Gasteiger partial charge on any atom is 0.281 e. The third-order valence-electron chi connectivity index (χ3n) is 3.55. The Morgan fingerprint density at radius 2 is 2.21 bits per heavy atom. The van der Waals surface area contributed by atoms with Crippen molar-refractivity contribution in [3.63, 3.8) is 0 Å². The normalized spacial score (nSPS) is 12.0. The molecule has 0 radical (unpaired) electrons. The minimum Gasteiger partial charge on any atom is -0.345 e. The number of rotatable bonds is 2. The highest BCUT2D eigenvalue weighted by molar-refractivity contribution is 7.07. The molecule has 1 aromatic carbocycles. The number of hydrogen-bond donors (Lipinski definition) is 1. The van der Waals surface area contributed by atoms with Crippen LogP contribution in [0.15, 0.2) is 65.4 Å². The summed E-state index contributed by atoms with van der Waals surface area (Å²) in [6.45, 7) is 0. The van der Waals surface area contributed by atoms with Gasteiger partial charge in [0.25, 0.3) is 5.91 Å². The minimum atomic E-state index is -0.313. The zero-order chi connectivity index (χ0) is 16.5. The van der Waals surface area contributed by atoms with E-state index in [9.17, 15) is 4.79 Å². The fraction of sp³-hybridized carbons (Fsp3) is 0. The smallest absolute Gasteiger partial charge is 0.281 e. The van der Waals surface area contributed by atoms with Gasteiger partial charge in [-0.3, -0.25) is 9.36 Å². The Bertz CT molecular complexity index is 1110. The third kappa shape index (κ3) is 2.66. The largest absolute Gasteiger partial charge is 0.345 e. The van der Waals surface area contributed by atoms with Crippen LogP contribution < -0.4 is 4.80 Å². The van der Waals surface area contributed by atoms with E-state index in [4.69, 9.17) is 11.6 Å². The van der Waals surface area contributed by atoms with Gasteiger partial charge in [0.05, 0.1) is 5.56 Å². The van der Waals surface area contributed by atoms with Gasteiger partial charge in [0, 0.05) is 40.1 Å². The highest BCUT2D eigenvalue weighted by Crippen LogP contribution is 2.17. The number of carbonyl (C=O) groups is 1. The lowest BCUT2D eigenvalue weighted by atomic mass is 10.2. The van der Waals surface area contributed by atoms with Crippen LogP contribution in [0.1, 0.15) is 10.4 Å². The van der Waals surface area contributed by atoms with Gasteiger partial charge < -0.3 is 4.98 Å². The zero-order valence-electron chi connectivity index (χ0n) is 12.3. The van der Waals surface area contributed by atoms with Gasteiger partial charge >= 0.3 is 0 Å². The van der Waals surface area contributed by atoms with Crippen molar-refractivity contribution >= 4 is 39.9 Å². The summed E-state index contributed by atoms with van der Waals surface area (Å²) in [7, 11) is 0. The SMILES string of the molecule is O=C(/N=c1\sccn1-c1cccc(Cl)c1)c1c[nH]c2ncccc12. The van der Waals surface area contributed by atoms with Crippen LogP contribution in [0.4, 0.5) is 0 Å². The molecule has 0 aliphatic heterocycles. The van der Waals surface area contributed by atoms with E-state index >= 15 is 0 Å². The molecule has 0 aliphatic carbocycles. The molecule has 0 fully saturated rings. The predicted octanol–water partition coefficient (Wildman–Crippen LogP) is 3.81. The predicted molar refractivity (Wildman–Crippen MR) is 94.6 cm³/mol. The molecule has 24 heavy (non-hydrogen) atoms. The fourth-order valence-corrected chi connectivity index (χ4v) is 3.36. The number of halogens is 1. The highest BCUT2D eigenvalue weighted by Gasteiger charge is 2.12. The summed E-state index contributed by atoms with van der Waals surface area (Å²) in [5, 5.41) is 3.27. The van der Waals surface area contributed by atoms with Crippen molar-refractivity contribution in [3.8, 4) is 5.69 Å². The second-order valence-electron chi connectivity index (χ2n) is 5.05. The van der Waals surface area contributed by atoms with Crippen molar-refractivity contribution in [2.24, 2.45) is 4.99 Å². The van der Waals surface area contributed by atoms with Gasteiger partial charge in [-0.05, 0) is 30.3 Å². The number of pyridine rings is 1. The second-order valence-corrected chi connectivity index (χ2v) is 6.36. The highest BCUT2D eigenvalue weighted by atomic mass is 35.5. The van der Waals surface area contributed by atoms with Crippen molar-refractivity contribution in [1.29, 1.82) is 0 Å². The number of aromatic nitrogens is 3. The molecule has 3 aromatic heterocycles. The van der Waals surface area contributed by atoms with Gasteiger partial charge in [-0.25, -0.2) is 4.98 Å². The summed E-state index contributed by atoms with van der Waals surface area (Å²) >= 11 is 7.44. The molecular formula is C17H11ClN4OS. The summed E-state index contributed by atoms with van der Waals surface area (Å²) in [4.78, 5) is 24.6.